The highest BCUT2D eigenvalue weighted by Gasteiger charge is 2.06. The van der Waals surface area contributed by atoms with E-state index < -0.39 is 0 Å². The molecule has 0 saturated heterocycles. The van der Waals surface area contributed by atoms with Gasteiger partial charge in [-0.15, -0.1) is 0 Å². The Hall–Kier alpha value is -2.13. The van der Waals surface area contributed by atoms with E-state index in [-0.39, 0.29) is 0 Å². The van der Waals surface area contributed by atoms with Crippen LogP contribution in [-0.2, 0) is 0 Å². The van der Waals surface area contributed by atoms with Gasteiger partial charge in [-0.2, -0.15) is 0 Å². The van der Waals surface area contributed by atoms with Crippen LogP contribution in [0.5, 0.6) is 0 Å². The molecule has 90 valence electrons. The SMILES string of the molecule is C1=c2c(ccc3cccnc23)=NSc2ccccc21. The molecule has 19 heavy (non-hydrogen) atoms. The molecule has 3 aromatic rings. The number of hydrogen-bond donors (Lipinski definition) is 0. The Balaban J connectivity index is 2.19. The Morgan fingerprint density at radius 3 is 2.84 bits per heavy atom. The largest absolute Gasteiger partial charge is 0.256 e. The molecular weight excluding hydrogens is 252 g/mol. The normalized spacial score (nSPS) is 12.8. The lowest BCUT2D eigenvalue weighted by atomic mass is 10.1. The second kappa shape index (κ2) is 4.21. The van der Waals surface area contributed by atoms with E-state index in [0.29, 0.717) is 0 Å². The first-order valence-corrected chi connectivity index (χ1v) is 6.89. The van der Waals surface area contributed by atoms with Crippen molar-refractivity contribution in [1.82, 2.24) is 4.98 Å². The number of aromatic nitrogens is 1. The molecule has 4 rings (SSSR count). The highest BCUT2D eigenvalue weighted by Crippen LogP contribution is 2.24. The van der Waals surface area contributed by atoms with Crippen LogP contribution in [0.25, 0.3) is 17.0 Å². The molecule has 1 aliphatic heterocycles. The number of fused-ring (bicyclic) bond motifs is 4. The summed E-state index contributed by atoms with van der Waals surface area (Å²) in [5.74, 6) is 0. The Bertz CT molecular complexity index is 900. The molecule has 0 radical (unpaired) electrons. The third-order valence-electron chi connectivity index (χ3n) is 3.25. The average Bonchev–Trinajstić information content (AvgIpc) is 2.66. The predicted molar refractivity (Wildman–Crippen MR) is 78.4 cm³/mol. The van der Waals surface area contributed by atoms with Gasteiger partial charge in [0.05, 0.1) is 10.9 Å². The summed E-state index contributed by atoms with van der Waals surface area (Å²) < 4.78 is 4.62. The van der Waals surface area contributed by atoms with Crippen LogP contribution in [0.2, 0.25) is 0 Å². The summed E-state index contributed by atoms with van der Waals surface area (Å²) in [6, 6.07) is 16.5. The lowest BCUT2D eigenvalue weighted by Crippen LogP contribution is -2.25. The van der Waals surface area contributed by atoms with Gasteiger partial charge in [0.15, 0.2) is 0 Å². The lowest BCUT2D eigenvalue weighted by molar-refractivity contribution is 1.35. The summed E-state index contributed by atoms with van der Waals surface area (Å²) in [6.45, 7) is 0. The van der Waals surface area contributed by atoms with E-state index in [4.69, 9.17) is 0 Å². The summed E-state index contributed by atoms with van der Waals surface area (Å²) in [5, 5.41) is 3.25. The molecule has 1 aliphatic rings. The second-order valence-electron chi connectivity index (χ2n) is 4.44. The maximum absolute atomic E-state index is 4.62. The third-order valence-corrected chi connectivity index (χ3v) is 4.11. The summed E-state index contributed by atoms with van der Waals surface area (Å²) in [4.78, 5) is 5.69. The molecule has 0 spiro atoms. The van der Waals surface area contributed by atoms with Crippen LogP contribution in [0.15, 0.2) is 64.0 Å². The van der Waals surface area contributed by atoms with E-state index in [1.807, 2.05) is 18.3 Å². The van der Waals surface area contributed by atoms with E-state index in [2.05, 4.69) is 51.9 Å². The van der Waals surface area contributed by atoms with E-state index in [1.165, 1.54) is 22.4 Å². The van der Waals surface area contributed by atoms with Crippen molar-refractivity contribution in [2.24, 2.45) is 4.40 Å². The van der Waals surface area contributed by atoms with Crippen LogP contribution in [0, 0.1) is 0 Å². The highest BCUT2D eigenvalue weighted by molar-refractivity contribution is 7.98. The molecular formula is C16H10N2S. The first-order valence-electron chi connectivity index (χ1n) is 6.11. The van der Waals surface area contributed by atoms with Crippen LogP contribution in [0.1, 0.15) is 5.56 Å². The second-order valence-corrected chi connectivity index (χ2v) is 5.24. The zero-order valence-electron chi connectivity index (χ0n) is 10.1. The minimum Gasteiger partial charge on any atom is -0.256 e. The highest BCUT2D eigenvalue weighted by atomic mass is 32.2. The minimum absolute atomic E-state index is 0.993. The van der Waals surface area contributed by atoms with E-state index >= 15 is 0 Å². The van der Waals surface area contributed by atoms with Crippen molar-refractivity contribution < 1.29 is 0 Å². The number of nitrogens with zero attached hydrogens (tertiary/aromatic N) is 2. The Morgan fingerprint density at radius 1 is 0.895 bits per heavy atom. The molecule has 2 heterocycles. The lowest BCUT2D eigenvalue weighted by Gasteiger charge is -1.98. The number of benzene rings is 2. The molecule has 2 aromatic carbocycles. The van der Waals surface area contributed by atoms with Gasteiger partial charge in [0.25, 0.3) is 0 Å². The first-order chi connectivity index (χ1) is 9.42. The maximum Gasteiger partial charge on any atom is 0.0811 e. The molecule has 0 N–H and O–H groups in total. The van der Waals surface area contributed by atoms with Gasteiger partial charge < -0.3 is 0 Å². The Labute approximate surface area is 114 Å². The summed E-state index contributed by atoms with van der Waals surface area (Å²) in [5.41, 5.74) is 2.22. The molecule has 0 saturated carbocycles. The van der Waals surface area contributed by atoms with Crippen LogP contribution in [0.4, 0.5) is 0 Å². The van der Waals surface area contributed by atoms with Gasteiger partial charge in [-0.05, 0) is 29.8 Å². The zero-order chi connectivity index (χ0) is 12.7. The van der Waals surface area contributed by atoms with Gasteiger partial charge >= 0.3 is 0 Å². The van der Waals surface area contributed by atoms with Gasteiger partial charge in [0, 0.05) is 33.6 Å². The van der Waals surface area contributed by atoms with Gasteiger partial charge in [-0.3, -0.25) is 4.98 Å². The van der Waals surface area contributed by atoms with Crippen molar-refractivity contribution >= 4 is 28.9 Å². The molecule has 0 unspecified atom stereocenters. The maximum atomic E-state index is 4.62. The van der Waals surface area contributed by atoms with Crippen LogP contribution in [-0.4, -0.2) is 4.98 Å². The Morgan fingerprint density at radius 2 is 1.84 bits per heavy atom. The smallest absolute Gasteiger partial charge is 0.0811 e. The average molecular weight is 262 g/mol. The fraction of sp³-hybridized carbons (Fsp3) is 0. The summed E-state index contributed by atoms with van der Waals surface area (Å²) in [7, 11) is 0. The number of hydrogen-bond acceptors (Lipinski definition) is 3. The predicted octanol–water partition coefficient (Wildman–Crippen LogP) is 2.70. The van der Waals surface area contributed by atoms with E-state index in [0.717, 1.165) is 21.5 Å². The molecule has 0 atom stereocenters. The van der Waals surface area contributed by atoms with Gasteiger partial charge in [-0.25, -0.2) is 4.40 Å². The van der Waals surface area contributed by atoms with Crippen LogP contribution < -0.4 is 10.6 Å². The van der Waals surface area contributed by atoms with Gasteiger partial charge in [-0.1, -0.05) is 30.3 Å². The van der Waals surface area contributed by atoms with Crippen LogP contribution in [0.3, 0.4) is 0 Å². The molecule has 3 heteroatoms. The quantitative estimate of drug-likeness (QED) is 0.582. The van der Waals surface area contributed by atoms with Crippen molar-refractivity contribution in [2.75, 3.05) is 0 Å². The number of pyridine rings is 1. The van der Waals surface area contributed by atoms with Gasteiger partial charge in [0.2, 0.25) is 0 Å². The van der Waals surface area contributed by atoms with Crippen molar-refractivity contribution in [3.63, 3.8) is 0 Å². The zero-order valence-corrected chi connectivity index (χ0v) is 10.9. The fourth-order valence-electron chi connectivity index (χ4n) is 2.32. The Kier molecular flexibility index (Phi) is 2.38. The monoisotopic (exact) mass is 262 g/mol. The molecule has 0 aliphatic carbocycles. The van der Waals surface area contributed by atoms with Crippen molar-refractivity contribution in [3.8, 4) is 0 Å². The van der Waals surface area contributed by atoms with Crippen molar-refractivity contribution in [2.45, 2.75) is 4.90 Å². The molecule has 2 nitrogen and oxygen atoms in total. The van der Waals surface area contributed by atoms with Gasteiger partial charge in [0.1, 0.15) is 0 Å². The van der Waals surface area contributed by atoms with E-state index in [1.54, 1.807) is 0 Å². The molecule has 0 amide bonds. The van der Waals surface area contributed by atoms with Crippen molar-refractivity contribution in [1.29, 1.82) is 0 Å². The molecule has 0 fully saturated rings. The summed E-state index contributed by atoms with van der Waals surface area (Å²) >= 11 is 1.53. The van der Waals surface area contributed by atoms with Crippen molar-refractivity contribution in [3.05, 3.63) is 70.9 Å². The fourth-order valence-corrected chi connectivity index (χ4v) is 3.04. The topological polar surface area (TPSA) is 25.2 Å². The van der Waals surface area contributed by atoms with Crippen LogP contribution >= 0.6 is 11.9 Å². The molecule has 1 aromatic heterocycles. The minimum atomic E-state index is 0.993. The molecule has 0 bridgehead atoms. The first kappa shape index (κ1) is 10.8. The standard InChI is InChI=1S/C16H10N2S/c1-2-6-15-12(4-1)10-13-14(18-19-15)8-7-11-5-3-9-17-16(11)13/h1-10H. The summed E-state index contributed by atoms with van der Waals surface area (Å²) in [6.07, 6.45) is 4.02. The number of rotatable bonds is 0. The van der Waals surface area contributed by atoms with E-state index in [9.17, 15) is 0 Å². The third kappa shape index (κ3) is 1.74.